The van der Waals surface area contributed by atoms with Crippen LogP contribution < -0.4 is 0 Å². The summed E-state index contributed by atoms with van der Waals surface area (Å²) in [5.74, 6) is 0. The van der Waals surface area contributed by atoms with Crippen molar-refractivity contribution in [2.75, 3.05) is 19.6 Å². The first kappa shape index (κ1) is 17.0. The lowest BCUT2D eigenvalue weighted by Gasteiger charge is -2.37. The lowest BCUT2D eigenvalue weighted by Crippen LogP contribution is -2.43. The summed E-state index contributed by atoms with van der Waals surface area (Å²) in [4.78, 5) is 2.39. The highest BCUT2D eigenvalue weighted by atomic mass is 35.5. The van der Waals surface area contributed by atoms with E-state index in [1.807, 2.05) is 60.7 Å². The molecule has 22 heavy (non-hydrogen) atoms. The van der Waals surface area contributed by atoms with Crippen molar-refractivity contribution in [1.29, 1.82) is 0 Å². The third-order valence-corrected chi connectivity index (χ3v) is 4.40. The normalized spacial score (nSPS) is 16.0. The van der Waals surface area contributed by atoms with Gasteiger partial charge < -0.3 is 5.11 Å². The summed E-state index contributed by atoms with van der Waals surface area (Å²) in [6.07, 6.45) is 3.78. The maximum atomic E-state index is 11.5. The highest BCUT2D eigenvalue weighted by Gasteiger charge is 2.33. The Hall–Kier alpha value is -1.35. The fourth-order valence-corrected chi connectivity index (χ4v) is 3.22. The zero-order valence-corrected chi connectivity index (χ0v) is 13.6. The molecule has 1 aliphatic rings. The molecule has 0 amide bonds. The molecule has 0 aliphatic carbocycles. The number of piperidine rings is 1. The Morgan fingerprint density at radius 3 is 1.68 bits per heavy atom. The van der Waals surface area contributed by atoms with Crippen LogP contribution in [0.2, 0.25) is 0 Å². The van der Waals surface area contributed by atoms with Gasteiger partial charge in [-0.1, -0.05) is 67.1 Å². The topological polar surface area (TPSA) is 23.5 Å². The Morgan fingerprint density at radius 2 is 1.23 bits per heavy atom. The smallest absolute Gasteiger partial charge is 0.127 e. The Bertz CT molecular complexity index is 513. The fourth-order valence-electron chi connectivity index (χ4n) is 3.22. The van der Waals surface area contributed by atoms with Crippen molar-refractivity contribution in [3.63, 3.8) is 0 Å². The molecule has 1 fully saturated rings. The van der Waals surface area contributed by atoms with E-state index in [0.29, 0.717) is 6.54 Å². The lowest BCUT2D eigenvalue weighted by atomic mass is 9.85. The number of aliphatic hydroxyl groups is 1. The first-order valence-electron chi connectivity index (χ1n) is 7.85. The Labute approximate surface area is 139 Å². The van der Waals surface area contributed by atoms with Crippen LogP contribution in [0.25, 0.3) is 0 Å². The second-order valence-corrected chi connectivity index (χ2v) is 5.93. The summed E-state index contributed by atoms with van der Waals surface area (Å²) in [6, 6.07) is 20.1. The molecule has 2 aromatic carbocycles. The summed E-state index contributed by atoms with van der Waals surface area (Å²) in [6.45, 7) is 2.84. The van der Waals surface area contributed by atoms with Gasteiger partial charge in [-0.25, -0.2) is 0 Å². The molecule has 0 bridgehead atoms. The summed E-state index contributed by atoms with van der Waals surface area (Å²) in [5.41, 5.74) is 1.02. The van der Waals surface area contributed by atoms with Crippen LogP contribution in [0.3, 0.4) is 0 Å². The molecule has 1 saturated heterocycles. The molecule has 3 heteroatoms. The minimum atomic E-state index is -0.931. The molecule has 118 valence electrons. The summed E-state index contributed by atoms with van der Waals surface area (Å²) in [7, 11) is 0. The fraction of sp³-hybridized carbons (Fsp3) is 0.368. The van der Waals surface area contributed by atoms with Crippen LogP contribution in [0.1, 0.15) is 30.4 Å². The van der Waals surface area contributed by atoms with Crippen molar-refractivity contribution in [2.45, 2.75) is 24.9 Å². The highest BCUT2D eigenvalue weighted by Crippen LogP contribution is 2.31. The number of rotatable bonds is 4. The zero-order chi connectivity index (χ0) is 14.5. The van der Waals surface area contributed by atoms with Gasteiger partial charge in [0.15, 0.2) is 0 Å². The van der Waals surface area contributed by atoms with E-state index in [-0.39, 0.29) is 12.4 Å². The Balaban J connectivity index is 0.00000176. The molecule has 0 radical (unpaired) electrons. The van der Waals surface area contributed by atoms with Crippen molar-refractivity contribution >= 4 is 12.4 Å². The van der Waals surface area contributed by atoms with Gasteiger partial charge in [0.1, 0.15) is 5.60 Å². The molecule has 2 aromatic rings. The quantitative estimate of drug-likeness (QED) is 0.926. The number of likely N-dealkylation sites (tertiary alicyclic amines) is 1. The number of nitrogens with zero attached hydrogens (tertiary/aromatic N) is 1. The van der Waals surface area contributed by atoms with E-state index in [9.17, 15) is 5.11 Å². The first-order valence-corrected chi connectivity index (χ1v) is 7.85. The van der Waals surface area contributed by atoms with Gasteiger partial charge in [-0.15, -0.1) is 12.4 Å². The van der Waals surface area contributed by atoms with Crippen LogP contribution >= 0.6 is 12.4 Å². The van der Waals surface area contributed by atoms with Crippen LogP contribution in [0.4, 0.5) is 0 Å². The maximum Gasteiger partial charge on any atom is 0.127 e. The molecule has 0 saturated carbocycles. The Morgan fingerprint density at radius 1 is 0.773 bits per heavy atom. The molecule has 3 rings (SSSR count). The van der Waals surface area contributed by atoms with E-state index in [1.165, 1.54) is 19.3 Å². The van der Waals surface area contributed by atoms with E-state index < -0.39 is 5.60 Å². The Kier molecular flexibility index (Phi) is 6.01. The molecule has 0 spiro atoms. The molecule has 0 atom stereocenters. The van der Waals surface area contributed by atoms with Gasteiger partial charge in [-0.05, 0) is 37.1 Å². The summed E-state index contributed by atoms with van der Waals surface area (Å²) < 4.78 is 0. The van der Waals surface area contributed by atoms with Gasteiger partial charge in [0.2, 0.25) is 0 Å². The lowest BCUT2D eigenvalue weighted by molar-refractivity contribution is 0.0293. The third kappa shape index (κ3) is 3.70. The average Bonchev–Trinajstić information content (AvgIpc) is 2.57. The van der Waals surface area contributed by atoms with Crippen molar-refractivity contribution in [3.05, 3.63) is 71.8 Å². The van der Waals surface area contributed by atoms with E-state index in [2.05, 4.69) is 4.90 Å². The van der Waals surface area contributed by atoms with Crippen molar-refractivity contribution < 1.29 is 5.11 Å². The number of β-amino-alcohol motifs (C(OH)–C–C–N with tert-alkyl or cyclic N) is 1. The molecule has 1 heterocycles. The highest BCUT2D eigenvalue weighted by molar-refractivity contribution is 5.85. The van der Waals surface area contributed by atoms with Crippen LogP contribution in [-0.2, 0) is 5.60 Å². The molecule has 0 unspecified atom stereocenters. The van der Waals surface area contributed by atoms with E-state index in [0.717, 1.165) is 24.2 Å². The largest absolute Gasteiger partial charge is 0.379 e. The van der Waals surface area contributed by atoms with Gasteiger partial charge in [-0.2, -0.15) is 0 Å². The predicted octanol–water partition coefficient (Wildman–Crippen LogP) is 3.83. The summed E-state index contributed by atoms with van der Waals surface area (Å²) >= 11 is 0. The van der Waals surface area contributed by atoms with Gasteiger partial charge >= 0.3 is 0 Å². The summed E-state index contributed by atoms with van der Waals surface area (Å²) in [5, 5.41) is 11.5. The molecule has 1 aliphatic heterocycles. The van der Waals surface area contributed by atoms with Gasteiger partial charge in [0.05, 0.1) is 0 Å². The molecule has 2 nitrogen and oxygen atoms in total. The number of halogens is 1. The van der Waals surface area contributed by atoms with Gasteiger partial charge in [-0.3, -0.25) is 4.90 Å². The molecule has 0 aromatic heterocycles. The second-order valence-electron chi connectivity index (χ2n) is 5.93. The standard InChI is InChI=1S/C19H23NO.ClH/c21-19(17-10-4-1-5-11-17,18-12-6-2-7-13-18)16-20-14-8-3-9-15-20;/h1-2,4-7,10-13,21H,3,8-9,14-16H2;1H. The van der Waals surface area contributed by atoms with Crippen LogP contribution in [-0.4, -0.2) is 29.6 Å². The minimum absolute atomic E-state index is 0. The van der Waals surface area contributed by atoms with Crippen molar-refractivity contribution in [2.24, 2.45) is 0 Å². The zero-order valence-electron chi connectivity index (χ0n) is 12.8. The maximum absolute atomic E-state index is 11.5. The van der Waals surface area contributed by atoms with Crippen LogP contribution in [0.5, 0.6) is 0 Å². The third-order valence-electron chi connectivity index (χ3n) is 4.40. The second kappa shape index (κ2) is 7.77. The van der Waals surface area contributed by atoms with Gasteiger partial charge in [0.25, 0.3) is 0 Å². The number of benzene rings is 2. The molecular weight excluding hydrogens is 294 g/mol. The van der Waals surface area contributed by atoms with E-state index in [4.69, 9.17) is 0 Å². The minimum Gasteiger partial charge on any atom is -0.379 e. The molecule has 1 N–H and O–H groups in total. The van der Waals surface area contributed by atoms with Crippen LogP contribution in [0.15, 0.2) is 60.7 Å². The van der Waals surface area contributed by atoms with Crippen molar-refractivity contribution in [1.82, 2.24) is 4.90 Å². The monoisotopic (exact) mass is 317 g/mol. The van der Waals surface area contributed by atoms with E-state index >= 15 is 0 Å². The van der Waals surface area contributed by atoms with Gasteiger partial charge in [0, 0.05) is 6.54 Å². The molecular formula is C19H24ClNO. The van der Waals surface area contributed by atoms with E-state index in [1.54, 1.807) is 0 Å². The average molecular weight is 318 g/mol. The predicted molar refractivity (Wildman–Crippen MR) is 93.4 cm³/mol. The SMILES string of the molecule is Cl.OC(CN1CCCCC1)(c1ccccc1)c1ccccc1. The van der Waals surface area contributed by atoms with Crippen molar-refractivity contribution in [3.8, 4) is 0 Å². The number of hydrogen-bond acceptors (Lipinski definition) is 2. The van der Waals surface area contributed by atoms with Crippen LogP contribution in [0, 0.1) is 0 Å². The number of hydrogen-bond donors (Lipinski definition) is 1. The first-order chi connectivity index (χ1) is 10.3.